The van der Waals surface area contributed by atoms with Gasteiger partial charge in [-0.05, 0) is 39.7 Å². The number of rotatable bonds is 9. The largest absolute Gasteiger partial charge is 0.373 e. The van der Waals surface area contributed by atoms with Crippen LogP contribution in [0.4, 0.5) is 5.69 Å². The first-order valence-electron chi connectivity index (χ1n) is 7.60. The predicted molar refractivity (Wildman–Crippen MR) is 84.4 cm³/mol. The van der Waals surface area contributed by atoms with Gasteiger partial charge in [-0.1, -0.05) is 6.92 Å². The van der Waals surface area contributed by atoms with E-state index in [0.717, 1.165) is 38.0 Å². The van der Waals surface area contributed by atoms with Crippen LogP contribution in [0, 0.1) is 0 Å². The van der Waals surface area contributed by atoms with Crippen LogP contribution in [0.5, 0.6) is 0 Å². The van der Waals surface area contributed by atoms with Crippen molar-refractivity contribution < 1.29 is 0 Å². The summed E-state index contributed by atoms with van der Waals surface area (Å²) in [4.78, 5) is 14.0. The van der Waals surface area contributed by atoms with Crippen LogP contribution >= 0.6 is 0 Å². The zero-order valence-electron chi connectivity index (χ0n) is 13.2. The quantitative estimate of drug-likeness (QED) is 0.750. The van der Waals surface area contributed by atoms with Crippen molar-refractivity contribution in [2.24, 2.45) is 0 Å². The van der Waals surface area contributed by atoms with Crippen molar-refractivity contribution in [1.82, 2.24) is 15.1 Å². The van der Waals surface area contributed by atoms with Crippen molar-refractivity contribution in [2.75, 3.05) is 25.0 Å². The highest BCUT2D eigenvalue weighted by Crippen LogP contribution is 2.06. The molecule has 1 N–H and O–H groups in total. The molecule has 0 amide bonds. The Bertz CT molecular complexity index is 444. The van der Waals surface area contributed by atoms with Crippen LogP contribution in [-0.4, -0.2) is 36.0 Å². The van der Waals surface area contributed by atoms with E-state index in [1.165, 1.54) is 0 Å². The highest BCUT2D eigenvalue weighted by molar-refractivity contribution is 5.41. The maximum absolute atomic E-state index is 12.0. The normalized spacial score (nSPS) is 12.4. The van der Waals surface area contributed by atoms with Crippen molar-refractivity contribution in [1.29, 1.82) is 0 Å². The predicted octanol–water partition coefficient (Wildman–Crippen LogP) is 1.87. The fourth-order valence-corrected chi connectivity index (χ4v) is 2.02. The number of hydrogen-bond acceptors (Lipinski definition) is 4. The first-order chi connectivity index (χ1) is 9.58. The molecule has 1 heterocycles. The molecule has 1 unspecified atom stereocenters. The summed E-state index contributed by atoms with van der Waals surface area (Å²) < 4.78 is 1.56. The SMILES string of the molecule is CCCNC(C)CCCn1ncc(N(C)CC)cc1=O. The van der Waals surface area contributed by atoms with Gasteiger partial charge in [-0.3, -0.25) is 4.79 Å². The van der Waals surface area contributed by atoms with E-state index >= 15 is 0 Å². The average Bonchev–Trinajstić information content (AvgIpc) is 2.45. The van der Waals surface area contributed by atoms with Crippen LogP contribution in [-0.2, 0) is 6.54 Å². The molecule has 0 saturated carbocycles. The molecule has 1 aromatic rings. The third-order valence-corrected chi connectivity index (χ3v) is 3.52. The highest BCUT2D eigenvalue weighted by atomic mass is 16.1. The Morgan fingerprint density at radius 2 is 2.20 bits per heavy atom. The van der Waals surface area contributed by atoms with Crippen molar-refractivity contribution >= 4 is 5.69 Å². The first-order valence-corrected chi connectivity index (χ1v) is 7.60. The van der Waals surface area contributed by atoms with Gasteiger partial charge in [-0.25, -0.2) is 4.68 Å². The average molecular weight is 280 g/mol. The summed E-state index contributed by atoms with van der Waals surface area (Å²) in [5, 5.41) is 7.70. The fraction of sp³-hybridized carbons (Fsp3) is 0.733. The lowest BCUT2D eigenvalue weighted by molar-refractivity contribution is 0.455. The minimum absolute atomic E-state index is 0.0167. The van der Waals surface area contributed by atoms with Crippen LogP contribution in [0.15, 0.2) is 17.1 Å². The molecule has 0 spiro atoms. The second kappa shape index (κ2) is 8.74. The lowest BCUT2D eigenvalue weighted by Gasteiger charge is -2.16. The van der Waals surface area contributed by atoms with Crippen LogP contribution in [0.25, 0.3) is 0 Å². The van der Waals surface area contributed by atoms with Gasteiger partial charge in [0.05, 0.1) is 11.9 Å². The van der Waals surface area contributed by atoms with Crippen LogP contribution < -0.4 is 15.8 Å². The van der Waals surface area contributed by atoms with E-state index in [1.807, 2.05) is 11.9 Å². The zero-order chi connectivity index (χ0) is 15.0. The number of aryl methyl sites for hydroxylation is 1. The minimum atomic E-state index is -0.0167. The van der Waals surface area contributed by atoms with E-state index < -0.39 is 0 Å². The maximum Gasteiger partial charge on any atom is 0.268 e. The van der Waals surface area contributed by atoms with Crippen LogP contribution in [0.2, 0.25) is 0 Å². The van der Waals surface area contributed by atoms with Crippen LogP contribution in [0.3, 0.4) is 0 Å². The Morgan fingerprint density at radius 1 is 1.45 bits per heavy atom. The lowest BCUT2D eigenvalue weighted by Crippen LogP contribution is -2.28. The molecule has 5 heteroatoms. The van der Waals surface area contributed by atoms with Crippen molar-refractivity contribution in [3.8, 4) is 0 Å². The second-order valence-electron chi connectivity index (χ2n) is 5.29. The number of nitrogens with one attached hydrogen (secondary N) is 1. The van der Waals surface area contributed by atoms with Gasteiger partial charge in [0.1, 0.15) is 0 Å². The van der Waals surface area contributed by atoms with Gasteiger partial charge in [0, 0.05) is 32.2 Å². The Labute approximate surface area is 122 Å². The van der Waals surface area contributed by atoms with Crippen LogP contribution in [0.1, 0.15) is 40.0 Å². The summed E-state index contributed by atoms with van der Waals surface area (Å²) in [6, 6.07) is 2.16. The molecule has 0 aliphatic carbocycles. The van der Waals surface area contributed by atoms with Crippen molar-refractivity contribution in [2.45, 2.75) is 52.6 Å². The van der Waals surface area contributed by atoms with Gasteiger partial charge in [0.25, 0.3) is 5.56 Å². The molecular formula is C15H28N4O. The smallest absolute Gasteiger partial charge is 0.268 e. The summed E-state index contributed by atoms with van der Waals surface area (Å²) in [7, 11) is 1.96. The molecule has 0 fully saturated rings. The number of anilines is 1. The number of aromatic nitrogens is 2. The summed E-state index contributed by atoms with van der Waals surface area (Å²) in [6.45, 7) is 9.01. The molecule has 0 aliphatic heterocycles. The molecule has 0 radical (unpaired) electrons. The Balaban J connectivity index is 2.47. The minimum Gasteiger partial charge on any atom is -0.373 e. The van der Waals surface area contributed by atoms with Gasteiger partial charge in [-0.15, -0.1) is 0 Å². The molecule has 1 aromatic heterocycles. The topological polar surface area (TPSA) is 50.2 Å². The molecule has 1 atom stereocenters. The summed E-state index contributed by atoms with van der Waals surface area (Å²) in [5.74, 6) is 0. The van der Waals surface area contributed by atoms with Gasteiger partial charge >= 0.3 is 0 Å². The summed E-state index contributed by atoms with van der Waals surface area (Å²) in [6.07, 6.45) is 4.94. The van der Waals surface area contributed by atoms with Gasteiger partial charge in [0.15, 0.2) is 0 Å². The second-order valence-corrected chi connectivity index (χ2v) is 5.29. The van der Waals surface area contributed by atoms with Crippen molar-refractivity contribution in [3.05, 3.63) is 22.6 Å². The Kier molecular flexibility index (Phi) is 7.30. The molecule has 5 nitrogen and oxygen atoms in total. The fourth-order valence-electron chi connectivity index (χ4n) is 2.02. The van der Waals surface area contributed by atoms with Gasteiger partial charge in [0.2, 0.25) is 0 Å². The number of hydrogen-bond donors (Lipinski definition) is 1. The van der Waals surface area contributed by atoms with E-state index in [1.54, 1.807) is 16.9 Å². The van der Waals surface area contributed by atoms with E-state index in [4.69, 9.17) is 0 Å². The Hall–Kier alpha value is -1.36. The van der Waals surface area contributed by atoms with E-state index in [9.17, 15) is 4.79 Å². The number of nitrogens with zero attached hydrogens (tertiary/aromatic N) is 3. The molecule has 0 aromatic carbocycles. The summed E-state index contributed by atoms with van der Waals surface area (Å²) in [5.41, 5.74) is 0.865. The summed E-state index contributed by atoms with van der Waals surface area (Å²) >= 11 is 0. The molecule has 20 heavy (non-hydrogen) atoms. The first kappa shape index (κ1) is 16.7. The monoisotopic (exact) mass is 280 g/mol. The standard InChI is InChI=1S/C15H28N4O/c1-5-9-16-13(3)8-7-10-19-15(20)11-14(12-17-19)18(4)6-2/h11-13,16H,5-10H2,1-4H3. The third-order valence-electron chi connectivity index (χ3n) is 3.52. The highest BCUT2D eigenvalue weighted by Gasteiger charge is 2.05. The zero-order valence-corrected chi connectivity index (χ0v) is 13.2. The van der Waals surface area contributed by atoms with E-state index in [0.29, 0.717) is 12.6 Å². The van der Waals surface area contributed by atoms with Crippen molar-refractivity contribution in [3.63, 3.8) is 0 Å². The molecule has 1 rings (SSSR count). The molecule has 0 aliphatic rings. The Morgan fingerprint density at radius 3 is 2.80 bits per heavy atom. The van der Waals surface area contributed by atoms with Gasteiger partial charge < -0.3 is 10.2 Å². The lowest BCUT2D eigenvalue weighted by atomic mass is 10.2. The molecular weight excluding hydrogens is 252 g/mol. The van der Waals surface area contributed by atoms with Gasteiger partial charge in [-0.2, -0.15) is 5.10 Å². The molecule has 0 saturated heterocycles. The molecule has 0 bridgehead atoms. The van der Waals surface area contributed by atoms with E-state index in [-0.39, 0.29) is 5.56 Å². The molecule has 114 valence electrons. The third kappa shape index (κ3) is 5.33. The van der Waals surface area contributed by atoms with E-state index in [2.05, 4.69) is 31.2 Å². The maximum atomic E-state index is 12.0.